The van der Waals surface area contributed by atoms with Gasteiger partial charge in [0.25, 0.3) is 0 Å². The highest BCUT2D eigenvalue weighted by atomic mass is 15.2. The van der Waals surface area contributed by atoms with Gasteiger partial charge in [0, 0.05) is 12.6 Å². The van der Waals surface area contributed by atoms with Crippen LogP contribution in [0.25, 0.3) is 0 Å². The molecule has 0 saturated heterocycles. The summed E-state index contributed by atoms with van der Waals surface area (Å²) in [6.45, 7) is 11.8. The maximum absolute atomic E-state index is 3.39. The van der Waals surface area contributed by atoms with E-state index in [1.807, 2.05) is 0 Å². The summed E-state index contributed by atoms with van der Waals surface area (Å²) in [5.41, 5.74) is 0. The summed E-state index contributed by atoms with van der Waals surface area (Å²) in [6.07, 6.45) is 8.46. The summed E-state index contributed by atoms with van der Waals surface area (Å²) in [4.78, 5) is 2.73. The second-order valence-corrected chi connectivity index (χ2v) is 5.89. The van der Waals surface area contributed by atoms with Crippen molar-refractivity contribution in [1.82, 2.24) is 10.2 Å². The Morgan fingerprint density at radius 1 is 1.12 bits per heavy atom. The van der Waals surface area contributed by atoms with E-state index in [-0.39, 0.29) is 0 Å². The monoisotopic (exact) mass is 240 g/mol. The predicted octanol–water partition coefficient (Wildman–Crippen LogP) is 3.28. The van der Waals surface area contributed by atoms with E-state index >= 15 is 0 Å². The first-order chi connectivity index (χ1) is 8.24. The van der Waals surface area contributed by atoms with Crippen molar-refractivity contribution in [1.29, 1.82) is 0 Å². The molecule has 0 atom stereocenters. The second-order valence-electron chi connectivity index (χ2n) is 5.89. The lowest BCUT2D eigenvalue weighted by atomic mass is 10.1. The minimum absolute atomic E-state index is 0.823. The first-order valence-electron chi connectivity index (χ1n) is 7.68. The molecular formula is C15H32N2. The van der Waals surface area contributed by atoms with Crippen molar-refractivity contribution < 1.29 is 0 Å². The highest BCUT2D eigenvalue weighted by Gasteiger charge is 2.28. The maximum Gasteiger partial charge on any atom is 0.00965 e. The maximum atomic E-state index is 3.39. The zero-order valence-corrected chi connectivity index (χ0v) is 12.2. The second kappa shape index (κ2) is 8.93. The molecule has 2 heteroatoms. The van der Waals surface area contributed by atoms with E-state index in [2.05, 4.69) is 31.0 Å². The Labute approximate surface area is 108 Å². The Bertz CT molecular complexity index is 176. The van der Waals surface area contributed by atoms with Crippen LogP contribution in [-0.4, -0.2) is 37.1 Å². The zero-order chi connectivity index (χ0) is 12.5. The van der Waals surface area contributed by atoms with Gasteiger partial charge in [0.2, 0.25) is 0 Å². The topological polar surface area (TPSA) is 15.3 Å². The standard InChI is InChI=1S/C15H32N2/c1-4-16-11-7-5-6-8-12-17(13-14(2)3)15-9-10-15/h14-16H,4-13H2,1-3H3. The summed E-state index contributed by atoms with van der Waals surface area (Å²) in [5.74, 6) is 0.823. The summed E-state index contributed by atoms with van der Waals surface area (Å²) >= 11 is 0. The van der Waals surface area contributed by atoms with Crippen molar-refractivity contribution >= 4 is 0 Å². The Balaban J connectivity index is 1.95. The number of rotatable bonds is 11. The molecular weight excluding hydrogens is 208 g/mol. The first-order valence-corrected chi connectivity index (χ1v) is 7.68. The zero-order valence-electron chi connectivity index (χ0n) is 12.2. The molecule has 0 radical (unpaired) electrons. The molecule has 1 saturated carbocycles. The molecule has 0 heterocycles. The van der Waals surface area contributed by atoms with Crippen molar-refractivity contribution in [2.45, 2.75) is 65.3 Å². The van der Waals surface area contributed by atoms with Crippen LogP contribution in [0.15, 0.2) is 0 Å². The van der Waals surface area contributed by atoms with Crippen LogP contribution >= 0.6 is 0 Å². The molecule has 0 aromatic rings. The molecule has 0 amide bonds. The van der Waals surface area contributed by atoms with Gasteiger partial charge in [0.05, 0.1) is 0 Å². The molecule has 1 aliphatic carbocycles. The largest absolute Gasteiger partial charge is 0.317 e. The van der Waals surface area contributed by atoms with Gasteiger partial charge in [-0.15, -0.1) is 0 Å². The molecule has 17 heavy (non-hydrogen) atoms. The Morgan fingerprint density at radius 3 is 2.41 bits per heavy atom. The Morgan fingerprint density at radius 2 is 1.82 bits per heavy atom. The molecule has 0 spiro atoms. The Hall–Kier alpha value is -0.0800. The number of hydrogen-bond donors (Lipinski definition) is 1. The number of unbranched alkanes of at least 4 members (excludes halogenated alkanes) is 3. The molecule has 1 aliphatic rings. The van der Waals surface area contributed by atoms with Crippen LogP contribution < -0.4 is 5.32 Å². The van der Waals surface area contributed by atoms with E-state index in [0.29, 0.717) is 0 Å². The molecule has 0 aliphatic heterocycles. The van der Waals surface area contributed by atoms with Crippen molar-refractivity contribution in [2.24, 2.45) is 5.92 Å². The highest BCUT2D eigenvalue weighted by molar-refractivity contribution is 4.84. The molecule has 2 nitrogen and oxygen atoms in total. The van der Waals surface area contributed by atoms with E-state index < -0.39 is 0 Å². The van der Waals surface area contributed by atoms with Gasteiger partial charge in [0.1, 0.15) is 0 Å². The highest BCUT2D eigenvalue weighted by Crippen LogP contribution is 2.27. The van der Waals surface area contributed by atoms with Gasteiger partial charge in [-0.2, -0.15) is 0 Å². The fraction of sp³-hybridized carbons (Fsp3) is 1.00. The summed E-state index contributed by atoms with van der Waals surface area (Å²) in [6, 6.07) is 0.944. The molecule has 1 rings (SSSR count). The molecule has 0 aromatic heterocycles. The van der Waals surface area contributed by atoms with Crippen LogP contribution in [0.2, 0.25) is 0 Å². The van der Waals surface area contributed by atoms with Crippen LogP contribution in [0.4, 0.5) is 0 Å². The van der Waals surface area contributed by atoms with Crippen LogP contribution in [0.5, 0.6) is 0 Å². The average molecular weight is 240 g/mol. The first kappa shape index (κ1) is 15.0. The number of hydrogen-bond acceptors (Lipinski definition) is 2. The van der Waals surface area contributed by atoms with Crippen LogP contribution in [-0.2, 0) is 0 Å². The van der Waals surface area contributed by atoms with Gasteiger partial charge < -0.3 is 10.2 Å². The average Bonchev–Trinajstić information content (AvgIpc) is 3.09. The lowest BCUT2D eigenvalue weighted by Gasteiger charge is -2.23. The van der Waals surface area contributed by atoms with E-state index in [9.17, 15) is 0 Å². The lowest BCUT2D eigenvalue weighted by Crippen LogP contribution is -2.31. The van der Waals surface area contributed by atoms with E-state index in [4.69, 9.17) is 0 Å². The fourth-order valence-corrected chi connectivity index (χ4v) is 2.43. The summed E-state index contributed by atoms with van der Waals surface area (Å²) in [7, 11) is 0. The molecule has 1 fully saturated rings. The third kappa shape index (κ3) is 7.77. The molecule has 0 aromatic carbocycles. The van der Waals surface area contributed by atoms with Crippen molar-refractivity contribution in [3.05, 3.63) is 0 Å². The molecule has 102 valence electrons. The van der Waals surface area contributed by atoms with Crippen molar-refractivity contribution in [3.63, 3.8) is 0 Å². The van der Waals surface area contributed by atoms with Crippen LogP contribution in [0.1, 0.15) is 59.3 Å². The van der Waals surface area contributed by atoms with E-state index in [1.165, 1.54) is 58.2 Å². The van der Waals surface area contributed by atoms with E-state index in [1.54, 1.807) is 0 Å². The van der Waals surface area contributed by atoms with Gasteiger partial charge in [-0.25, -0.2) is 0 Å². The summed E-state index contributed by atoms with van der Waals surface area (Å²) < 4.78 is 0. The predicted molar refractivity (Wildman–Crippen MR) is 76.4 cm³/mol. The quantitative estimate of drug-likeness (QED) is 0.558. The minimum atomic E-state index is 0.823. The molecule has 1 N–H and O–H groups in total. The third-order valence-electron chi connectivity index (χ3n) is 3.46. The lowest BCUT2D eigenvalue weighted by molar-refractivity contribution is 0.229. The summed E-state index contributed by atoms with van der Waals surface area (Å²) in [5, 5.41) is 3.39. The number of nitrogens with one attached hydrogen (secondary N) is 1. The van der Waals surface area contributed by atoms with Gasteiger partial charge in [-0.3, -0.25) is 0 Å². The van der Waals surface area contributed by atoms with Crippen molar-refractivity contribution in [2.75, 3.05) is 26.2 Å². The smallest absolute Gasteiger partial charge is 0.00965 e. The fourth-order valence-electron chi connectivity index (χ4n) is 2.43. The van der Waals surface area contributed by atoms with Gasteiger partial charge in [-0.05, 0) is 51.2 Å². The molecule has 0 unspecified atom stereocenters. The third-order valence-corrected chi connectivity index (χ3v) is 3.46. The Kier molecular flexibility index (Phi) is 7.87. The van der Waals surface area contributed by atoms with Crippen molar-refractivity contribution in [3.8, 4) is 0 Å². The van der Waals surface area contributed by atoms with Gasteiger partial charge in [0.15, 0.2) is 0 Å². The normalized spacial score (nSPS) is 16.1. The minimum Gasteiger partial charge on any atom is -0.317 e. The SMILES string of the molecule is CCNCCCCCCN(CC(C)C)C1CC1. The van der Waals surface area contributed by atoms with E-state index in [0.717, 1.165) is 18.5 Å². The van der Waals surface area contributed by atoms with Crippen LogP contribution in [0.3, 0.4) is 0 Å². The number of nitrogens with zero attached hydrogens (tertiary/aromatic N) is 1. The molecule has 0 bridgehead atoms. The van der Waals surface area contributed by atoms with Gasteiger partial charge in [-0.1, -0.05) is 33.6 Å². The van der Waals surface area contributed by atoms with Gasteiger partial charge >= 0.3 is 0 Å². The van der Waals surface area contributed by atoms with Crippen LogP contribution in [0, 0.1) is 5.92 Å².